The van der Waals surface area contributed by atoms with E-state index in [9.17, 15) is 14.7 Å². The average molecular weight is 366 g/mol. The zero-order valence-corrected chi connectivity index (χ0v) is 15.7. The topological polar surface area (TPSA) is 60.9 Å². The lowest BCUT2D eigenvalue weighted by Crippen LogP contribution is -2.62. The number of aliphatic hydroxyl groups is 1. The Labute approximate surface area is 159 Å². The molecule has 2 bridgehead atoms. The van der Waals surface area contributed by atoms with Crippen LogP contribution in [0.25, 0.3) is 0 Å². The number of carbonyl (C=O) groups is 2. The highest BCUT2D eigenvalue weighted by molar-refractivity contribution is 6.05. The van der Waals surface area contributed by atoms with E-state index < -0.39 is 5.41 Å². The van der Waals surface area contributed by atoms with E-state index in [0.29, 0.717) is 12.8 Å². The summed E-state index contributed by atoms with van der Waals surface area (Å²) >= 11 is 0. The van der Waals surface area contributed by atoms with Gasteiger partial charge in [-0.3, -0.25) is 9.59 Å². The lowest BCUT2D eigenvalue weighted by molar-refractivity contribution is -0.133. The third-order valence-corrected chi connectivity index (χ3v) is 7.38. The van der Waals surface area contributed by atoms with Crippen LogP contribution >= 0.6 is 0 Å². The molecule has 142 valence electrons. The summed E-state index contributed by atoms with van der Waals surface area (Å²) in [5.74, 6) is 0.821. The van der Waals surface area contributed by atoms with Gasteiger partial charge in [0.05, 0.1) is 18.1 Å². The van der Waals surface area contributed by atoms with Gasteiger partial charge in [-0.15, -0.1) is 0 Å². The Hall–Kier alpha value is -1.98. The number of amides is 1. The maximum Gasteiger partial charge on any atom is 0.227 e. The maximum atomic E-state index is 13.7. The lowest BCUT2D eigenvalue weighted by Gasteiger charge is -2.51. The molecule has 4 atom stereocenters. The van der Waals surface area contributed by atoms with E-state index in [-0.39, 0.29) is 36.2 Å². The first-order chi connectivity index (χ1) is 13.1. The zero-order chi connectivity index (χ0) is 18.8. The molecule has 5 nitrogen and oxygen atoms in total. The molecule has 0 aromatic heterocycles. The standard InChI is InChI=1S/C22H26N2O3/c1-23-10-9-22-17-4-2-3-5-18(17)24-20(27)7-6-15(21(22)24)16(12-19(22)26)14(13-23)8-11-25/h2-5,8,15-16,21,25H,6-7,9-13H2,1H3/b14-8+/t15-,16+,21+,22-/m1/s1. The monoisotopic (exact) mass is 366 g/mol. The first kappa shape index (κ1) is 17.1. The van der Waals surface area contributed by atoms with Crippen LogP contribution in [0.4, 0.5) is 5.69 Å². The first-order valence-electron chi connectivity index (χ1n) is 10.0. The van der Waals surface area contributed by atoms with Crippen molar-refractivity contribution in [3.63, 3.8) is 0 Å². The van der Waals surface area contributed by atoms with Crippen molar-refractivity contribution in [2.24, 2.45) is 11.8 Å². The van der Waals surface area contributed by atoms with Crippen molar-refractivity contribution in [1.82, 2.24) is 4.90 Å². The number of ketones is 1. The summed E-state index contributed by atoms with van der Waals surface area (Å²) < 4.78 is 0. The summed E-state index contributed by atoms with van der Waals surface area (Å²) in [7, 11) is 2.09. The first-order valence-corrected chi connectivity index (χ1v) is 10.0. The van der Waals surface area contributed by atoms with Crippen LogP contribution in [0.2, 0.25) is 0 Å². The molecular weight excluding hydrogens is 340 g/mol. The second-order valence-corrected chi connectivity index (χ2v) is 8.58. The van der Waals surface area contributed by atoms with Crippen LogP contribution in [-0.2, 0) is 15.0 Å². The van der Waals surface area contributed by atoms with Crippen molar-refractivity contribution in [2.75, 3.05) is 31.6 Å². The van der Waals surface area contributed by atoms with E-state index in [1.165, 1.54) is 5.57 Å². The molecule has 4 fully saturated rings. The molecule has 27 heavy (non-hydrogen) atoms. The summed E-state index contributed by atoms with van der Waals surface area (Å²) in [5, 5.41) is 9.58. The molecule has 1 aromatic carbocycles. The number of para-hydroxylation sites is 1. The van der Waals surface area contributed by atoms with Gasteiger partial charge < -0.3 is 14.9 Å². The van der Waals surface area contributed by atoms with Crippen LogP contribution in [0, 0.1) is 11.8 Å². The summed E-state index contributed by atoms with van der Waals surface area (Å²) in [5.41, 5.74) is 2.60. The van der Waals surface area contributed by atoms with Crippen molar-refractivity contribution in [1.29, 1.82) is 0 Å². The van der Waals surface area contributed by atoms with Crippen LogP contribution in [0.3, 0.4) is 0 Å². The Morgan fingerprint density at radius 2 is 2.11 bits per heavy atom. The summed E-state index contributed by atoms with van der Waals surface area (Å²) in [6.45, 7) is 1.59. The molecule has 1 aromatic rings. The third-order valence-electron chi connectivity index (χ3n) is 7.38. The number of anilines is 1. The average Bonchev–Trinajstić information content (AvgIpc) is 3.00. The molecule has 3 saturated heterocycles. The maximum absolute atomic E-state index is 13.7. The van der Waals surface area contributed by atoms with Gasteiger partial charge in [-0.2, -0.15) is 0 Å². The predicted octanol–water partition coefficient (Wildman–Crippen LogP) is 1.89. The molecule has 4 heterocycles. The minimum Gasteiger partial charge on any atom is -0.392 e. The van der Waals surface area contributed by atoms with E-state index in [1.807, 2.05) is 29.2 Å². The Bertz CT molecular complexity index is 848. The molecule has 5 aliphatic rings. The number of hydrogen-bond acceptors (Lipinski definition) is 4. The Balaban J connectivity index is 1.76. The van der Waals surface area contributed by atoms with Gasteiger partial charge in [-0.1, -0.05) is 29.8 Å². The Morgan fingerprint density at radius 3 is 2.93 bits per heavy atom. The minimum absolute atomic E-state index is 0.000730. The SMILES string of the molecule is CN1CC[C@]23C(=O)C[C@@H](/C(=C/CO)C1)[C@H]1CCC(=O)N(c4ccccc42)[C@@H]13. The van der Waals surface area contributed by atoms with Gasteiger partial charge >= 0.3 is 0 Å². The summed E-state index contributed by atoms with van der Waals surface area (Å²) in [6, 6.07) is 7.98. The molecule has 4 aliphatic heterocycles. The van der Waals surface area contributed by atoms with E-state index >= 15 is 0 Å². The largest absolute Gasteiger partial charge is 0.392 e. The van der Waals surface area contributed by atoms with E-state index in [2.05, 4.69) is 18.0 Å². The molecule has 1 saturated carbocycles. The van der Waals surface area contributed by atoms with Crippen molar-refractivity contribution >= 4 is 17.4 Å². The number of benzene rings is 1. The van der Waals surface area contributed by atoms with Gasteiger partial charge in [-0.05, 0) is 49.9 Å². The van der Waals surface area contributed by atoms with Crippen molar-refractivity contribution in [2.45, 2.75) is 37.1 Å². The molecule has 0 unspecified atom stereocenters. The summed E-state index contributed by atoms with van der Waals surface area (Å²) in [6.07, 6.45) is 4.55. The van der Waals surface area contributed by atoms with E-state index in [4.69, 9.17) is 0 Å². The number of rotatable bonds is 1. The minimum atomic E-state index is -0.573. The number of carbonyl (C=O) groups excluding carboxylic acids is 2. The third kappa shape index (κ3) is 2.18. The number of likely N-dealkylation sites (N-methyl/N-ethyl adjacent to an activating group) is 1. The van der Waals surface area contributed by atoms with Gasteiger partial charge in [-0.25, -0.2) is 0 Å². The van der Waals surface area contributed by atoms with Crippen molar-refractivity contribution in [3.05, 3.63) is 41.5 Å². The summed E-state index contributed by atoms with van der Waals surface area (Å²) in [4.78, 5) is 30.9. The van der Waals surface area contributed by atoms with Crippen LogP contribution in [-0.4, -0.2) is 54.5 Å². The van der Waals surface area contributed by atoms with Gasteiger partial charge in [0.25, 0.3) is 0 Å². The molecule has 1 N–H and O–H groups in total. The molecular formula is C22H26N2O3. The molecule has 1 aliphatic carbocycles. The second-order valence-electron chi connectivity index (χ2n) is 8.58. The number of piperidine rings is 1. The number of hydrogen-bond donors (Lipinski definition) is 1. The number of Topliss-reactive ketones (excluding diaryl/α,β-unsaturated/α-hetero) is 1. The molecule has 5 heteroatoms. The highest BCUT2D eigenvalue weighted by atomic mass is 16.2. The lowest BCUT2D eigenvalue weighted by atomic mass is 9.56. The zero-order valence-electron chi connectivity index (χ0n) is 15.7. The van der Waals surface area contributed by atoms with Gasteiger partial charge in [0, 0.05) is 25.1 Å². The molecule has 6 rings (SSSR count). The van der Waals surface area contributed by atoms with Crippen molar-refractivity contribution in [3.8, 4) is 0 Å². The highest BCUT2D eigenvalue weighted by Crippen LogP contribution is 2.59. The molecule has 0 radical (unpaired) electrons. The highest BCUT2D eigenvalue weighted by Gasteiger charge is 2.64. The number of nitrogens with zero attached hydrogens (tertiary/aromatic N) is 2. The normalized spacial score (nSPS) is 37.0. The number of aliphatic hydroxyl groups excluding tert-OH is 1. The fraction of sp³-hybridized carbons (Fsp3) is 0.545. The van der Waals surface area contributed by atoms with Crippen LogP contribution in [0.15, 0.2) is 35.9 Å². The predicted molar refractivity (Wildman–Crippen MR) is 103 cm³/mol. The van der Waals surface area contributed by atoms with E-state index in [0.717, 1.165) is 37.2 Å². The van der Waals surface area contributed by atoms with Gasteiger partial charge in [0.1, 0.15) is 5.78 Å². The van der Waals surface area contributed by atoms with Gasteiger partial charge in [0.2, 0.25) is 5.91 Å². The quantitative estimate of drug-likeness (QED) is 0.771. The Kier molecular flexibility index (Phi) is 3.82. The van der Waals surface area contributed by atoms with E-state index in [1.54, 1.807) is 0 Å². The van der Waals surface area contributed by atoms with Crippen LogP contribution < -0.4 is 4.90 Å². The van der Waals surface area contributed by atoms with Crippen LogP contribution in [0.5, 0.6) is 0 Å². The van der Waals surface area contributed by atoms with Crippen LogP contribution in [0.1, 0.15) is 31.2 Å². The van der Waals surface area contributed by atoms with Crippen molar-refractivity contribution < 1.29 is 14.7 Å². The fourth-order valence-corrected chi connectivity index (χ4v) is 6.31. The number of fused-ring (bicyclic) bond motifs is 7. The van der Waals surface area contributed by atoms with Gasteiger partial charge in [0.15, 0.2) is 0 Å². The smallest absolute Gasteiger partial charge is 0.227 e. The molecule has 1 amide bonds. The fourth-order valence-electron chi connectivity index (χ4n) is 6.31. The second kappa shape index (κ2) is 6.01. The molecule has 1 spiro atoms. The Morgan fingerprint density at radius 1 is 1.30 bits per heavy atom.